The number of pyridine rings is 1. The van der Waals surface area contributed by atoms with E-state index in [1.807, 2.05) is 0 Å². The second kappa shape index (κ2) is 6.07. The topological polar surface area (TPSA) is 94.6 Å². The Kier molecular flexibility index (Phi) is 4.23. The maximum atomic E-state index is 14.3. The quantitative estimate of drug-likeness (QED) is 0.860. The smallest absolute Gasteiger partial charge is 0.341 e. The van der Waals surface area contributed by atoms with E-state index in [0.717, 1.165) is 18.9 Å². The molecule has 1 fully saturated rings. The summed E-state index contributed by atoms with van der Waals surface area (Å²) < 4.78 is 21.3. The van der Waals surface area contributed by atoms with E-state index in [2.05, 4.69) is 0 Å². The van der Waals surface area contributed by atoms with Crippen LogP contribution in [0.3, 0.4) is 0 Å². The largest absolute Gasteiger partial charge is 0.487 e. The van der Waals surface area contributed by atoms with Crippen molar-refractivity contribution in [2.24, 2.45) is 5.73 Å². The molecule has 0 radical (unpaired) electrons. The van der Waals surface area contributed by atoms with Crippen LogP contribution in [0.25, 0.3) is 10.9 Å². The number of ether oxygens (including phenoxy) is 1. The third-order valence-corrected chi connectivity index (χ3v) is 4.18. The minimum atomic E-state index is -1.36. The van der Waals surface area contributed by atoms with Gasteiger partial charge in [0.2, 0.25) is 5.43 Å². The SMILES string of the molecule is C[C@H](N)COc1c(F)cc2c(=O)c(C(=O)O)cn(C3CC3)c2c1Cl. The maximum Gasteiger partial charge on any atom is 0.341 e. The molecule has 1 atom stereocenters. The zero-order chi connectivity index (χ0) is 17.6. The summed E-state index contributed by atoms with van der Waals surface area (Å²) in [7, 11) is 0. The lowest BCUT2D eigenvalue weighted by Crippen LogP contribution is -2.24. The van der Waals surface area contributed by atoms with Gasteiger partial charge in [-0.25, -0.2) is 9.18 Å². The van der Waals surface area contributed by atoms with Gasteiger partial charge in [-0.15, -0.1) is 0 Å². The fourth-order valence-electron chi connectivity index (χ4n) is 2.56. The molecule has 0 spiro atoms. The van der Waals surface area contributed by atoms with Crippen LogP contribution in [0.4, 0.5) is 4.39 Å². The summed E-state index contributed by atoms with van der Waals surface area (Å²) in [6.45, 7) is 1.76. The number of carboxylic acids is 1. The zero-order valence-electron chi connectivity index (χ0n) is 12.9. The second-order valence-corrected chi connectivity index (χ2v) is 6.38. The van der Waals surface area contributed by atoms with Crippen LogP contribution in [0.5, 0.6) is 5.75 Å². The van der Waals surface area contributed by atoms with E-state index < -0.39 is 22.8 Å². The molecule has 2 aromatic rings. The predicted molar refractivity (Wildman–Crippen MR) is 87.6 cm³/mol. The van der Waals surface area contributed by atoms with E-state index in [-0.39, 0.29) is 40.4 Å². The molecule has 0 unspecified atom stereocenters. The van der Waals surface area contributed by atoms with Crippen molar-refractivity contribution in [3.63, 3.8) is 0 Å². The maximum absolute atomic E-state index is 14.3. The third-order valence-electron chi connectivity index (χ3n) is 3.83. The van der Waals surface area contributed by atoms with Gasteiger partial charge in [0.05, 0.1) is 10.9 Å². The van der Waals surface area contributed by atoms with Crippen molar-refractivity contribution in [3.05, 3.63) is 38.9 Å². The number of halogens is 2. The molecule has 6 nitrogen and oxygen atoms in total. The van der Waals surface area contributed by atoms with Crippen molar-refractivity contribution in [1.82, 2.24) is 4.57 Å². The molecule has 0 bridgehead atoms. The minimum Gasteiger partial charge on any atom is -0.487 e. The third kappa shape index (κ3) is 2.85. The van der Waals surface area contributed by atoms with Gasteiger partial charge in [0.25, 0.3) is 0 Å². The van der Waals surface area contributed by atoms with Crippen LogP contribution in [0.2, 0.25) is 5.02 Å². The Morgan fingerprint density at radius 3 is 2.79 bits per heavy atom. The number of carboxylic acid groups (broad SMARTS) is 1. The highest BCUT2D eigenvalue weighted by atomic mass is 35.5. The zero-order valence-corrected chi connectivity index (χ0v) is 13.6. The van der Waals surface area contributed by atoms with E-state index in [4.69, 9.17) is 22.1 Å². The van der Waals surface area contributed by atoms with Crippen LogP contribution >= 0.6 is 11.6 Å². The van der Waals surface area contributed by atoms with Gasteiger partial charge in [-0.3, -0.25) is 4.79 Å². The average Bonchev–Trinajstić information content (AvgIpc) is 3.32. The Morgan fingerprint density at radius 1 is 1.58 bits per heavy atom. The normalized spacial score (nSPS) is 15.5. The Balaban J connectivity index is 2.30. The number of rotatable bonds is 5. The molecule has 3 N–H and O–H groups in total. The molecule has 0 amide bonds. The molecule has 128 valence electrons. The summed E-state index contributed by atoms with van der Waals surface area (Å²) in [4.78, 5) is 23.7. The van der Waals surface area contributed by atoms with E-state index in [1.165, 1.54) is 6.20 Å². The number of hydrogen-bond acceptors (Lipinski definition) is 4. The van der Waals surface area contributed by atoms with Gasteiger partial charge in [-0.1, -0.05) is 11.6 Å². The fourth-order valence-corrected chi connectivity index (χ4v) is 2.91. The Morgan fingerprint density at radius 2 is 2.25 bits per heavy atom. The lowest BCUT2D eigenvalue weighted by molar-refractivity contribution is 0.0695. The van der Waals surface area contributed by atoms with E-state index >= 15 is 0 Å². The van der Waals surface area contributed by atoms with Crippen LogP contribution in [0.15, 0.2) is 17.1 Å². The minimum absolute atomic E-state index is 0.0374. The van der Waals surface area contributed by atoms with Crippen LogP contribution in [0, 0.1) is 5.82 Å². The number of aromatic nitrogens is 1. The molecule has 1 heterocycles. The molecule has 8 heteroatoms. The van der Waals surface area contributed by atoms with Crippen molar-refractivity contribution in [2.45, 2.75) is 31.8 Å². The lowest BCUT2D eigenvalue weighted by Gasteiger charge is -2.17. The number of carbonyl (C=O) groups is 1. The molecular formula is C16H16ClFN2O4. The van der Waals surface area contributed by atoms with Gasteiger partial charge in [0, 0.05) is 18.3 Å². The van der Waals surface area contributed by atoms with E-state index in [1.54, 1.807) is 11.5 Å². The summed E-state index contributed by atoms with van der Waals surface area (Å²) in [5, 5.41) is 9.09. The highest BCUT2D eigenvalue weighted by molar-refractivity contribution is 6.36. The first kappa shape index (κ1) is 16.7. The molecule has 1 aliphatic rings. The average molecular weight is 355 g/mol. The van der Waals surface area contributed by atoms with Crippen molar-refractivity contribution in [2.75, 3.05) is 6.61 Å². The Bertz CT molecular complexity index is 890. The first-order valence-corrected chi connectivity index (χ1v) is 7.87. The number of nitrogens with two attached hydrogens (primary N) is 1. The van der Waals surface area contributed by atoms with Gasteiger partial charge in [0.1, 0.15) is 17.2 Å². The summed E-state index contributed by atoms with van der Waals surface area (Å²) in [5.74, 6) is -2.36. The van der Waals surface area contributed by atoms with Gasteiger partial charge < -0.3 is 20.1 Å². The molecular weight excluding hydrogens is 339 g/mol. The molecule has 1 aromatic carbocycles. The van der Waals surface area contributed by atoms with E-state index in [0.29, 0.717) is 0 Å². The van der Waals surface area contributed by atoms with Gasteiger partial charge >= 0.3 is 5.97 Å². The van der Waals surface area contributed by atoms with Gasteiger partial charge in [-0.2, -0.15) is 0 Å². The first-order valence-electron chi connectivity index (χ1n) is 7.49. The number of fused-ring (bicyclic) bond motifs is 1. The van der Waals surface area contributed by atoms with E-state index in [9.17, 15) is 19.1 Å². The second-order valence-electron chi connectivity index (χ2n) is 6.00. The first-order chi connectivity index (χ1) is 11.3. The fraction of sp³-hybridized carbons (Fsp3) is 0.375. The van der Waals surface area contributed by atoms with Crippen molar-refractivity contribution in [3.8, 4) is 5.75 Å². The van der Waals surface area contributed by atoms with Crippen molar-refractivity contribution >= 4 is 28.5 Å². The van der Waals surface area contributed by atoms with Crippen LogP contribution < -0.4 is 15.9 Å². The molecule has 3 rings (SSSR count). The van der Waals surface area contributed by atoms with Crippen LogP contribution in [-0.2, 0) is 0 Å². The number of aromatic carboxylic acids is 1. The molecule has 0 saturated heterocycles. The Labute approximate surface area is 141 Å². The summed E-state index contributed by atoms with van der Waals surface area (Å²) in [6, 6.07) is 0.692. The standard InChI is InChI=1S/C16H16ClFN2O4/c1-7(19)6-24-15-11(18)4-9-13(12(15)17)20(8-2-3-8)5-10(14(9)21)16(22)23/h4-5,7-8H,2-3,6,19H2,1H3,(H,22,23)/t7-/m0/s1. The van der Waals surface area contributed by atoms with Gasteiger partial charge in [-0.05, 0) is 25.8 Å². The highest BCUT2D eigenvalue weighted by Gasteiger charge is 2.29. The number of nitrogens with zero attached hydrogens (tertiary/aromatic N) is 1. The lowest BCUT2D eigenvalue weighted by atomic mass is 10.1. The molecule has 1 saturated carbocycles. The molecule has 24 heavy (non-hydrogen) atoms. The summed E-state index contributed by atoms with van der Waals surface area (Å²) in [5.41, 5.74) is 4.72. The number of benzene rings is 1. The molecule has 1 aliphatic carbocycles. The molecule has 1 aromatic heterocycles. The Hall–Kier alpha value is -2.12. The van der Waals surface area contributed by atoms with Crippen molar-refractivity contribution < 1.29 is 19.0 Å². The number of hydrogen-bond donors (Lipinski definition) is 2. The summed E-state index contributed by atoms with van der Waals surface area (Å²) in [6.07, 6.45) is 2.94. The monoisotopic (exact) mass is 354 g/mol. The van der Waals surface area contributed by atoms with Crippen LogP contribution in [0.1, 0.15) is 36.2 Å². The molecule has 0 aliphatic heterocycles. The van der Waals surface area contributed by atoms with Crippen LogP contribution in [-0.4, -0.2) is 28.3 Å². The summed E-state index contributed by atoms with van der Waals surface area (Å²) >= 11 is 6.30. The highest BCUT2D eigenvalue weighted by Crippen LogP contribution is 2.41. The van der Waals surface area contributed by atoms with Crippen molar-refractivity contribution in [1.29, 1.82) is 0 Å². The van der Waals surface area contributed by atoms with Gasteiger partial charge in [0.15, 0.2) is 11.6 Å². The predicted octanol–water partition coefficient (Wildman–Crippen LogP) is 2.55.